The Morgan fingerprint density at radius 2 is 0.738 bits per heavy atom. The van der Waals surface area contributed by atoms with Gasteiger partial charge in [0.05, 0.1) is 12.4 Å². The van der Waals surface area contributed by atoms with Crippen LogP contribution in [0.2, 0.25) is 0 Å². The summed E-state index contributed by atoms with van der Waals surface area (Å²) in [6, 6.07) is 26.5. The van der Waals surface area contributed by atoms with Gasteiger partial charge >= 0.3 is 0 Å². The SMILES string of the molecule is O=C(NO)c1ccc(C(=O)N/N=C/c2ccc(-c3ccc(/C=N/NC(=O)c4ccc(C(=O)NO)cc4)cc3)cc2)cc1. The number of carbonyl (C=O) groups is 4. The van der Waals surface area contributed by atoms with Crippen LogP contribution >= 0.6 is 0 Å². The number of hydrogen-bond acceptors (Lipinski definition) is 8. The standard InChI is InChI=1S/C30H24N6O6/c37-27(23-9-13-25(14-10-23)29(39)35-41)33-31-17-19-1-5-21(6-2-19)22-7-3-20(4-8-22)18-32-34-28(38)24-11-15-26(16-12-24)30(40)36-42/h1-18,41-42H,(H,33,37)(H,34,38)(H,35,39)(H,36,40)/b31-17+,32-18+. The van der Waals surface area contributed by atoms with Gasteiger partial charge in [0.2, 0.25) is 0 Å². The van der Waals surface area contributed by atoms with Crippen LogP contribution in [0, 0.1) is 0 Å². The van der Waals surface area contributed by atoms with Gasteiger partial charge in [-0.3, -0.25) is 29.6 Å². The fourth-order valence-corrected chi connectivity index (χ4v) is 3.66. The van der Waals surface area contributed by atoms with Gasteiger partial charge in [-0.2, -0.15) is 10.2 Å². The van der Waals surface area contributed by atoms with Crippen molar-refractivity contribution < 1.29 is 29.6 Å². The van der Waals surface area contributed by atoms with Crippen molar-refractivity contribution in [3.63, 3.8) is 0 Å². The third-order valence-corrected chi connectivity index (χ3v) is 5.94. The van der Waals surface area contributed by atoms with E-state index >= 15 is 0 Å². The van der Waals surface area contributed by atoms with Gasteiger partial charge in [0.1, 0.15) is 0 Å². The smallest absolute Gasteiger partial charge is 0.274 e. The molecule has 0 atom stereocenters. The molecule has 210 valence electrons. The molecule has 12 heteroatoms. The van der Waals surface area contributed by atoms with Gasteiger partial charge in [0.25, 0.3) is 23.6 Å². The second-order valence-electron chi connectivity index (χ2n) is 8.68. The molecule has 0 aromatic heterocycles. The molecule has 0 unspecified atom stereocenters. The second kappa shape index (κ2) is 13.9. The molecule has 0 heterocycles. The zero-order valence-electron chi connectivity index (χ0n) is 21.8. The van der Waals surface area contributed by atoms with Crippen LogP contribution in [0.3, 0.4) is 0 Å². The van der Waals surface area contributed by atoms with E-state index in [9.17, 15) is 19.2 Å². The lowest BCUT2D eigenvalue weighted by Crippen LogP contribution is -2.20. The first kappa shape index (κ1) is 29.0. The van der Waals surface area contributed by atoms with Crippen LogP contribution in [0.5, 0.6) is 0 Å². The van der Waals surface area contributed by atoms with Crippen molar-refractivity contribution in [2.45, 2.75) is 0 Å². The minimum Gasteiger partial charge on any atom is -0.288 e. The molecule has 0 aliphatic carbocycles. The zero-order chi connectivity index (χ0) is 29.9. The Labute approximate surface area is 239 Å². The Morgan fingerprint density at radius 3 is 1.02 bits per heavy atom. The third kappa shape index (κ3) is 7.57. The van der Waals surface area contributed by atoms with Crippen LogP contribution in [0.4, 0.5) is 0 Å². The topological polar surface area (TPSA) is 182 Å². The summed E-state index contributed by atoms with van der Waals surface area (Å²) in [5.41, 5.74) is 12.4. The van der Waals surface area contributed by atoms with Crippen LogP contribution in [0.15, 0.2) is 107 Å². The summed E-state index contributed by atoms with van der Waals surface area (Å²) >= 11 is 0. The summed E-state index contributed by atoms with van der Waals surface area (Å²) in [6.07, 6.45) is 3.01. The third-order valence-electron chi connectivity index (χ3n) is 5.94. The lowest BCUT2D eigenvalue weighted by Gasteiger charge is -2.04. The molecule has 6 N–H and O–H groups in total. The average molecular weight is 565 g/mol. The number of hydrazone groups is 2. The van der Waals surface area contributed by atoms with E-state index in [-0.39, 0.29) is 11.1 Å². The van der Waals surface area contributed by atoms with Gasteiger partial charge in [-0.25, -0.2) is 21.8 Å². The van der Waals surface area contributed by atoms with Crippen molar-refractivity contribution in [1.82, 2.24) is 21.8 Å². The largest absolute Gasteiger partial charge is 0.288 e. The highest BCUT2D eigenvalue weighted by Crippen LogP contribution is 2.20. The lowest BCUT2D eigenvalue weighted by molar-refractivity contribution is 0.0702. The summed E-state index contributed by atoms with van der Waals surface area (Å²) in [4.78, 5) is 47.2. The average Bonchev–Trinajstić information content (AvgIpc) is 3.04. The second-order valence-corrected chi connectivity index (χ2v) is 8.68. The van der Waals surface area contributed by atoms with E-state index < -0.39 is 23.6 Å². The molecule has 4 aromatic carbocycles. The predicted molar refractivity (Wildman–Crippen MR) is 153 cm³/mol. The molecular formula is C30H24N6O6. The van der Waals surface area contributed by atoms with E-state index in [0.717, 1.165) is 22.3 Å². The minimum absolute atomic E-state index is 0.210. The van der Waals surface area contributed by atoms with Crippen LogP contribution in [0.1, 0.15) is 52.6 Å². The highest BCUT2D eigenvalue weighted by atomic mass is 16.5. The van der Waals surface area contributed by atoms with E-state index in [1.807, 2.05) is 48.5 Å². The van der Waals surface area contributed by atoms with Gasteiger partial charge in [-0.15, -0.1) is 0 Å². The summed E-state index contributed by atoms with van der Waals surface area (Å²) in [5, 5.41) is 25.2. The van der Waals surface area contributed by atoms with Crippen molar-refractivity contribution in [1.29, 1.82) is 0 Å². The number of rotatable bonds is 9. The Hall–Kier alpha value is -5.98. The molecule has 0 saturated carbocycles. The van der Waals surface area contributed by atoms with E-state index in [0.29, 0.717) is 11.1 Å². The number of amides is 4. The summed E-state index contributed by atoms with van der Waals surface area (Å²) < 4.78 is 0. The molecule has 4 rings (SSSR count). The van der Waals surface area contributed by atoms with E-state index in [4.69, 9.17) is 10.4 Å². The van der Waals surface area contributed by atoms with Crippen molar-refractivity contribution >= 4 is 36.1 Å². The Morgan fingerprint density at radius 1 is 0.452 bits per heavy atom. The van der Waals surface area contributed by atoms with Crippen LogP contribution in [0.25, 0.3) is 11.1 Å². The molecule has 0 bridgehead atoms. The highest BCUT2D eigenvalue weighted by Gasteiger charge is 2.09. The number of carbonyl (C=O) groups excluding carboxylic acids is 4. The zero-order valence-corrected chi connectivity index (χ0v) is 21.8. The monoisotopic (exact) mass is 564 g/mol. The molecule has 4 aromatic rings. The molecule has 0 radical (unpaired) electrons. The molecule has 0 fully saturated rings. The number of hydroxylamine groups is 2. The normalized spacial score (nSPS) is 10.8. The first-order valence-electron chi connectivity index (χ1n) is 12.3. The fraction of sp³-hybridized carbons (Fsp3) is 0. The maximum absolute atomic E-state index is 12.2. The number of hydrogen-bond donors (Lipinski definition) is 6. The molecule has 0 saturated heterocycles. The Bertz CT molecular complexity index is 1510. The van der Waals surface area contributed by atoms with Gasteiger partial charge in [0, 0.05) is 22.3 Å². The molecule has 0 aliphatic heterocycles. The van der Waals surface area contributed by atoms with Crippen LogP contribution in [-0.2, 0) is 0 Å². The molecule has 0 spiro atoms. The molecule has 0 aliphatic rings. The van der Waals surface area contributed by atoms with E-state index in [2.05, 4.69) is 21.1 Å². The van der Waals surface area contributed by atoms with E-state index in [1.54, 1.807) is 0 Å². The molecule has 42 heavy (non-hydrogen) atoms. The molecule has 4 amide bonds. The summed E-state index contributed by atoms with van der Waals surface area (Å²) in [7, 11) is 0. The first-order chi connectivity index (χ1) is 20.4. The van der Waals surface area contributed by atoms with Crippen molar-refractivity contribution in [3.05, 3.63) is 130 Å². The van der Waals surface area contributed by atoms with Crippen molar-refractivity contribution in [3.8, 4) is 11.1 Å². The van der Waals surface area contributed by atoms with Crippen molar-refractivity contribution in [2.24, 2.45) is 10.2 Å². The van der Waals surface area contributed by atoms with Crippen molar-refractivity contribution in [2.75, 3.05) is 0 Å². The number of benzene rings is 4. The highest BCUT2D eigenvalue weighted by molar-refractivity contribution is 5.98. The minimum atomic E-state index is -0.673. The lowest BCUT2D eigenvalue weighted by atomic mass is 10.0. The van der Waals surface area contributed by atoms with Crippen LogP contribution in [-0.4, -0.2) is 46.5 Å². The van der Waals surface area contributed by atoms with Gasteiger partial charge in [0.15, 0.2) is 0 Å². The molecule has 12 nitrogen and oxygen atoms in total. The van der Waals surface area contributed by atoms with Crippen LogP contribution < -0.4 is 21.8 Å². The van der Waals surface area contributed by atoms with Gasteiger partial charge in [-0.1, -0.05) is 48.5 Å². The van der Waals surface area contributed by atoms with Gasteiger partial charge < -0.3 is 0 Å². The fourth-order valence-electron chi connectivity index (χ4n) is 3.66. The number of nitrogens with one attached hydrogen (secondary N) is 4. The maximum atomic E-state index is 12.2. The predicted octanol–water partition coefficient (Wildman–Crippen LogP) is 3.12. The number of nitrogens with zero attached hydrogens (tertiary/aromatic N) is 2. The Kier molecular flexibility index (Phi) is 9.59. The molecular weight excluding hydrogens is 540 g/mol. The maximum Gasteiger partial charge on any atom is 0.274 e. The summed E-state index contributed by atoms with van der Waals surface area (Å²) in [5.74, 6) is -2.25. The first-order valence-corrected chi connectivity index (χ1v) is 12.3. The van der Waals surface area contributed by atoms with E-state index in [1.165, 1.54) is 71.9 Å². The Balaban J connectivity index is 1.28. The quantitative estimate of drug-likeness (QED) is 0.103. The summed E-state index contributed by atoms with van der Waals surface area (Å²) in [6.45, 7) is 0. The van der Waals surface area contributed by atoms with Gasteiger partial charge in [-0.05, 0) is 70.8 Å².